The van der Waals surface area contributed by atoms with Crippen molar-refractivity contribution in [2.24, 2.45) is 0 Å². The van der Waals surface area contributed by atoms with Crippen LogP contribution in [-0.4, -0.2) is 16.8 Å². The molecule has 31 heavy (non-hydrogen) atoms. The quantitative estimate of drug-likeness (QED) is 0.429. The molecule has 0 unspecified atom stereocenters. The summed E-state index contributed by atoms with van der Waals surface area (Å²) in [4.78, 5) is 25.9. The van der Waals surface area contributed by atoms with Crippen LogP contribution in [0.5, 0.6) is 5.75 Å². The smallest absolute Gasteiger partial charge is 0.329 e. The molecule has 3 aromatic rings. The van der Waals surface area contributed by atoms with Gasteiger partial charge in [-0.05, 0) is 47.5 Å². The molecular formula is C24H18ClFN2O3. The van der Waals surface area contributed by atoms with Crippen LogP contribution in [0.3, 0.4) is 0 Å². The Balaban J connectivity index is 1.41. The first-order chi connectivity index (χ1) is 15.0. The maximum absolute atomic E-state index is 13.1. The summed E-state index contributed by atoms with van der Waals surface area (Å²) in [5, 5.41) is 3.22. The van der Waals surface area contributed by atoms with E-state index in [2.05, 4.69) is 5.32 Å². The molecule has 156 valence electrons. The number of hydrogen-bond donors (Lipinski definition) is 1. The minimum atomic E-state index is -0.514. The fourth-order valence-corrected chi connectivity index (χ4v) is 3.28. The minimum Gasteiger partial charge on any atom is -0.489 e. The second-order valence-electron chi connectivity index (χ2n) is 6.96. The Bertz CT molecular complexity index is 1140. The molecule has 1 aliphatic heterocycles. The summed E-state index contributed by atoms with van der Waals surface area (Å²) < 4.78 is 18.8. The standard InChI is InChI=1S/C24H18ClFN2O3/c25-21-4-2-1-3-18(21)15-31-20-11-7-16(8-12-20)13-22-23(29)28(24(30)27-22)14-17-5-9-19(26)10-6-17/h1-13H,14-15H2,(H,27,30)/b22-13+. The largest absolute Gasteiger partial charge is 0.489 e. The van der Waals surface area contributed by atoms with Crippen molar-refractivity contribution in [1.82, 2.24) is 10.2 Å². The number of imide groups is 1. The minimum absolute atomic E-state index is 0.0666. The Morgan fingerprint density at radius 1 is 0.968 bits per heavy atom. The molecule has 3 aromatic carbocycles. The van der Waals surface area contributed by atoms with Gasteiger partial charge in [-0.15, -0.1) is 0 Å². The van der Waals surface area contributed by atoms with Gasteiger partial charge in [-0.2, -0.15) is 0 Å². The monoisotopic (exact) mass is 436 g/mol. The highest BCUT2D eigenvalue weighted by atomic mass is 35.5. The highest BCUT2D eigenvalue weighted by Gasteiger charge is 2.33. The summed E-state index contributed by atoms with van der Waals surface area (Å²) >= 11 is 6.13. The van der Waals surface area contributed by atoms with Gasteiger partial charge in [0.2, 0.25) is 0 Å². The number of halogens is 2. The Hall–Kier alpha value is -3.64. The molecule has 3 amide bonds. The summed E-state index contributed by atoms with van der Waals surface area (Å²) in [6, 6.07) is 19.7. The number of carbonyl (C=O) groups excluding carboxylic acids is 2. The van der Waals surface area contributed by atoms with Crippen LogP contribution in [0, 0.1) is 5.82 Å². The number of rotatable bonds is 6. The van der Waals surface area contributed by atoms with Crippen molar-refractivity contribution in [1.29, 1.82) is 0 Å². The van der Waals surface area contributed by atoms with E-state index in [1.807, 2.05) is 24.3 Å². The van der Waals surface area contributed by atoms with Crippen molar-refractivity contribution in [3.05, 3.63) is 106 Å². The van der Waals surface area contributed by atoms with Gasteiger partial charge in [-0.1, -0.05) is 54.1 Å². The molecule has 1 heterocycles. The Morgan fingerprint density at radius 3 is 2.39 bits per heavy atom. The third kappa shape index (κ3) is 4.92. The van der Waals surface area contributed by atoms with Crippen molar-refractivity contribution in [3.63, 3.8) is 0 Å². The fourth-order valence-electron chi connectivity index (χ4n) is 3.09. The zero-order valence-corrected chi connectivity index (χ0v) is 17.1. The van der Waals surface area contributed by atoms with Gasteiger partial charge in [0.25, 0.3) is 5.91 Å². The number of ether oxygens (including phenoxy) is 1. The van der Waals surface area contributed by atoms with E-state index in [1.165, 1.54) is 12.1 Å². The van der Waals surface area contributed by atoms with Crippen molar-refractivity contribution in [2.45, 2.75) is 13.2 Å². The first-order valence-electron chi connectivity index (χ1n) is 9.55. The van der Waals surface area contributed by atoms with Crippen LogP contribution >= 0.6 is 11.6 Å². The van der Waals surface area contributed by atoms with Crippen molar-refractivity contribution in [2.75, 3.05) is 0 Å². The normalized spacial score (nSPS) is 14.8. The maximum atomic E-state index is 13.1. The SMILES string of the molecule is O=C1N/C(=C/c2ccc(OCc3ccccc3Cl)cc2)C(=O)N1Cc1ccc(F)cc1. The molecule has 7 heteroatoms. The fraction of sp³-hybridized carbons (Fsp3) is 0.0833. The van der Waals surface area contributed by atoms with Gasteiger partial charge in [0.1, 0.15) is 23.9 Å². The van der Waals surface area contributed by atoms with Crippen LogP contribution in [-0.2, 0) is 17.9 Å². The third-order valence-electron chi connectivity index (χ3n) is 4.76. The molecule has 0 aliphatic carbocycles. The van der Waals surface area contributed by atoms with Gasteiger partial charge < -0.3 is 10.1 Å². The van der Waals surface area contributed by atoms with E-state index in [0.717, 1.165) is 16.0 Å². The predicted molar refractivity (Wildman–Crippen MR) is 116 cm³/mol. The lowest BCUT2D eigenvalue weighted by Crippen LogP contribution is -2.30. The van der Waals surface area contributed by atoms with Gasteiger partial charge in [-0.25, -0.2) is 9.18 Å². The molecule has 0 saturated carbocycles. The van der Waals surface area contributed by atoms with E-state index in [4.69, 9.17) is 16.3 Å². The average molecular weight is 437 g/mol. The number of amides is 3. The molecule has 1 N–H and O–H groups in total. The average Bonchev–Trinajstić information content (AvgIpc) is 3.03. The van der Waals surface area contributed by atoms with Crippen LogP contribution in [0.2, 0.25) is 5.02 Å². The Kier molecular flexibility index (Phi) is 6.00. The molecule has 0 radical (unpaired) electrons. The van der Waals surface area contributed by atoms with Crippen LogP contribution < -0.4 is 10.1 Å². The number of urea groups is 1. The van der Waals surface area contributed by atoms with E-state index in [-0.39, 0.29) is 18.1 Å². The highest BCUT2D eigenvalue weighted by molar-refractivity contribution is 6.31. The van der Waals surface area contributed by atoms with E-state index in [9.17, 15) is 14.0 Å². The first kappa shape index (κ1) is 20.6. The molecular weight excluding hydrogens is 419 g/mol. The van der Waals surface area contributed by atoms with Crippen LogP contribution in [0.4, 0.5) is 9.18 Å². The van der Waals surface area contributed by atoms with Crippen molar-refractivity contribution >= 4 is 29.6 Å². The summed E-state index contributed by atoms with van der Waals surface area (Å²) in [6.07, 6.45) is 1.60. The summed E-state index contributed by atoms with van der Waals surface area (Å²) in [6.45, 7) is 0.407. The first-order valence-corrected chi connectivity index (χ1v) is 9.92. The molecule has 1 saturated heterocycles. The number of nitrogens with zero attached hydrogens (tertiary/aromatic N) is 1. The molecule has 1 fully saturated rings. The Labute approximate surface area is 183 Å². The summed E-state index contributed by atoms with van der Waals surface area (Å²) in [7, 11) is 0. The highest BCUT2D eigenvalue weighted by Crippen LogP contribution is 2.21. The lowest BCUT2D eigenvalue weighted by Gasteiger charge is -2.11. The molecule has 0 bridgehead atoms. The maximum Gasteiger partial charge on any atom is 0.329 e. The zero-order chi connectivity index (χ0) is 21.8. The van der Waals surface area contributed by atoms with E-state index in [1.54, 1.807) is 42.5 Å². The summed E-state index contributed by atoms with van der Waals surface area (Å²) in [5.41, 5.74) is 2.45. The number of hydrogen-bond acceptors (Lipinski definition) is 3. The van der Waals surface area contributed by atoms with E-state index >= 15 is 0 Å². The topological polar surface area (TPSA) is 58.6 Å². The van der Waals surface area contributed by atoms with Crippen molar-refractivity contribution < 1.29 is 18.7 Å². The van der Waals surface area contributed by atoms with Gasteiger partial charge >= 0.3 is 6.03 Å². The third-order valence-corrected chi connectivity index (χ3v) is 5.13. The molecule has 5 nitrogen and oxygen atoms in total. The predicted octanol–water partition coefficient (Wildman–Crippen LogP) is 5.15. The molecule has 0 spiro atoms. The molecule has 1 aliphatic rings. The van der Waals surface area contributed by atoms with Crippen LogP contribution in [0.15, 0.2) is 78.5 Å². The van der Waals surface area contributed by atoms with Gasteiger partial charge in [0, 0.05) is 10.6 Å². The number of carbonyl (C=O) groups is 2. The molecule has 0 aromatic heterocycles. The van der Waals surface area contributed by atoms with Crippen LogP contribution in [0.25, 0.3) is 6.08 Å². The van der Waals surface area contributed by atoms with E-state index < -0.39 is 11.9 Å². The van der Waals surface area contributed by atoms with E-state index in [0.29, 0.717) is 22.9 Å². The van der Waals surface area contributed by atoms with Gasteiger partial charge in [0.15, 0.2) is 0 Å². The number of nitrogens with one attached hydrogen (secondary N) is 1. The molecule has 0 atom stereocenters. The van der Waals surface area contributed by atoms with Gasteiger partial charge in [-0.3, -0.25) is 9.69 Å². The second-order valence-corrected chi connectivity index (χ2v) is 7.36. The lowest BCUT2D eigenvalue weighted by atomic mass is 10.1. The van der Waals surface area contributed by atoms with Gasteiger partial charge in [0.05, 0.1) is 6.54 Å². The number of benzene rings is 3. The van der Waals surface area contributed by atoms with Crippen molar-refractivity contribution in [3.8, 4) is 5.75 Å². The summed E-state index contributed by atoms with van der Waals surface area (Å²) in [5.74, 6) is -0.156. The Morgan fingerprint density at radius 2 is 1.68 bits per heavy atom. The second kappa shape index (κ2) is 9.02. The lowest BCUT2D eigenvalue weighted by molar-refractivity contribution is -0.123. The van der Waals surface area contributed by atoms with Crippen LogP contribution in [0.1, 0.15) is 16.7 Å². The molecule has 4 rings (SSSR count). The zero-order valence-electron chi connectivity index (χ0n) is 16.3.